The predicted molar refractivity (Wildman–Crippen MR) is 113 cm³/mol. The normalized spacial score (nSPS) is 20.2. The highest BCUT2D eigenvalue weighted by atomic mass is 16.6. The third-order valence-corrected chi connectivity index (χ3v) is 5.22. The van der Waals surface area contributed by atoms with Gasteiger partial charge in [-0.15, -0.1) is 0 Å². The fourth-order valence-electron chi connectivity index (χ4n) is 3.81. The first-order valence-electron chi connectivity index (χ1n) is 9.89. The third kappa shape index (κ3) is 4.43. The van der Waals surface area contributed by atoms with Crippen LogP contribution in [0.4, 0.5) is 0 Å². The Hall–Kier alpha value is -3.46. The highest BCUT2D eigenvalue weighted by Gasteiger charge is 2.73. The minimum Gasteiger partial charge on any atom is -0.467 e. The molecule has 2 atom stereocenters. The SMILES string of the molecule is C=CCOC(=O)C1(C(=O)OCC=C)N([C@H](Cc2ccccc2)C(=O)OC)C(=O)CC1(C)O. The number of rotatable bonds is 10. The largest absolute Gasteiger partial charge is 0.467 e. The first kappa shape index (κ1) is 24.8. The fourth-order valence-corrected chi connectivity index (χ4v) is 3.81. The lowest BCUT2D eigenvalue weighted by atomic mass is 9.80. The molecule has 1 aliphatic rings. The summed E-state index contributed by atoms with van der Waals surface area (Å²) in [4.78, 5) is 53.2. The number of hydrogen-bond donors (Lipinski definition) is 1. The first-order valence-corrected chi connectivity index (χ1v) is 9.89. The van der Waals surface area contributed by atoms with Crippen molar-refractivity contribution in [2.45, 2.75) is 36.9 Å². The van der Waals surface area contributed by atoms with E-state index >= 15 is 0 Å². The molecular weight excluding hydrogens is 418 g/mol. The van der Waals surface area contributed by atoms with Crippen LogP contribution in [-0.2, 0) is 39.8 Å². The average molecular weight is 445 g/mol. The highest BCUT2D eigenvalue weighted by Crippen LogP contribution is 2.43. The van der Waals surface area contributed by atoms with Gasteiger partial charge in [0.15, 0.2) is 0 Å². The van der Waals surface area contributed by atoms with Gasteiger partial charge in [-0.1, -0.05) is 55.6 Å². The topological polar surface area (TPSA) is 119 Å². The zero-order valence-corrected chi connectivity index (χ0v) is 18.1. The quantitative estimate of drug-likeness (QED) is 0.245. The Bertz CT molecular complexity index is 869. The molecule has 1 fully saturated rings. The lowest BCUT2D eigenvalue weighted by Crippen LogP contribution is -2.71. The van der Waals surface area contributed by atoms with E-state index < -0.39 is 47.4 Å². The van der Waals surface area contributed by atoms with Crippen molar-refractivity contribution in [1.29, 1.82) is 0 Å². The van der Waals surface area contributed by atoms with Crippen LogP contribution in [0.15, 0.2) is 55.6 Å². The molecule has 1 heterocycles. The number of esters is 3. The van der Waals surface area contributed by atoms with Gasteiger partial charge in [0.25, 0.3) is 5.54 Å². The van der Waals surface area contributed by atoms with Crippen LogP contribution in [-0.4, -0.2) is 71.3 Å². The molecule has 9 heteroatoms. The molecule has 0 spiro atoms. The van der Waals surface area contributed by atoms with Crippen molar-refractivity contribution in [1.82, 2.24) is 4.90 Å². The van der Waals surface area contributed by atoms with Crippen LogP contribution >= 0.6 is 0 Å². The molecule has 0 aromatic heterocycles. The molecule has 1 saturated heterocycles. The first-order chi connectivity index (χ1) is 15.2. The second kappa shape index (κ2) is 10.2. The van der Waals surface area contributed by atoms with E-state index in [4.69, 9.17) is 14.2 Å². The van der Waals surface area contributed by atoms with Crippen LogP contribution in [0.25, 0.3) is 0 Å². The van der Waals surface area contributed by atoms with E-state index in [-0.39, 0.29) is 19.6 Å². The molecule has 32 heavy (non-hydrogen) atoms. The second-order valence-electron chi connectivity index (χ2n) is 7.43. The van der Waals surface area contributed by atoms with Crippen molar-refractivity contribution in [2.75, 3.05) is 20.3 Å². The molecule has 0 saturated carbocycles. The average Bonchev–Trinajstić information content (AvgIpc) is 2.99. The highest BCUT2D eigenvalue weighted by molar-refractivity contribution is 6.13. The number of aliphatic hydroxyl groups is 1. The van der Waals surface area contributed by atoms with Crippen LogP contribution in [0.5, 0.6) is 0 Å². The van der Waals surface area contributed by atoms with E-state index in [2.05, 4.69) is 13.2 Å². The summed E-state index contributed by atoms with van der Waals surface area (Å²) < 4.78 is 15.1. The summed E-state index contributed by atoms with van der Waals surface area (Å²) in [7, 11) is 1.12. The van der Waals surface area contributed by atoms with Gasteiger partial charge in [0.2, 0.25) is 5.91 Å². The molecule has 1 aromatic rings. The molecule has 1 N–H and O–H groups in total. The molecule has 172 valence electrons. The minimum atomic E-state index is -2.65. The van der Waals surface area contributed by atoms with Crippen LogP contribution in [0.3, 0.4) is 0 Å². The van der Waals surface area contributed by atoms with Crippen molar-refractivity contribution in [2.24, 2.45) is 0 Å². The lowest BCUT2D eigenvalue weighted by Gasteiger charge is -2.42. The molecule has 1 unspecified atom stereocenters. The smallest absolute Gasteiger partial charge is 0.347 e. The molecule has 2 rings (SSSR count). The third-order valence-electron chi connectivity index (χ3n) is 5.22. The van der Waals surface area contributed by atoms with Crippen molar-refractivity contribution >= 4 is 23.8 Å². The summed E-state index contributed by atoms with van der Waals surface area (Å²) in [6.45, 7) is 7.46. The lowest BCUT2D eigenvalue weighted by molar-refractivity contribution is -0.191. The maximum absolute atomic E-state index is 13.3. The zero-order valence-electron chi connectivity index (χ0n) is 18.1. The number of carbonyl (C=O) groups is 4. The van der Waals surface area contributed by atoms with Crippen molar-refractivity contribution in [3.63, 3.8) is 0 Å². The van der Waals surface area contributed by atoms with Crippen molar-refractivity contribution in [3.8, 4) is 0 Å². The molecule has 0 radical (unpaired) electrons. The van der Waals surface area contributed by atoms with E-state index in [1.54, 1.807) is 30.3 Å². The minimum absolute atomic E-state index is 0.0828. The van der Waals surface area contributed by atoms with Gasteiger partial charge < -0.3 is 24.2 Å². The molecule has 1 amide bonds. The maximum Gasteiger partial charge on any atom is 0.347 e. The number of ether oxygens (including phenoxy) is 3. The molecule has 1 aromatic carbocycles. The van der Waals surface area contributed by atoms with Crippen LogP contribution < -0.4 is 0 Å². The number of hydrogen-bond acceptors (Lipinski definition) is 8. The van der Waals surface area contributed by atoms with Crippen LogP contribution in [0.2, 0.25) is 0 Å². The van der Waals surface area contributed by atoms with E-state index in [1.165, 1.54) is 12.2 Å². The number of benzene rings is 1. The number of methoxy groups -OCH3 is 1. The van der Waals surface area contributed by atoms with Gasteiger partial charge in [0.05, 0.1) is 13.5 Å². The monoisotopic (exact) mass is 445 g/mol. The second-order valence-corrected chi connectivity index (χ2v) is 7.43. The van der Waals surface area contributed by atoms with E-state index in [1.807, 2.05) is 0 Å². The molecule has 0 aliphatic carbocycles. The zero-order chi connectivity index (χ0) is 23.9. The number of likely N-dealkylation sites (tertiary alicyclic amines) is 1. The Morgan fingerprint density at radius 3 is 2.12 bits per heavy atom. The van der Waals surface area contributed by atoms with Crippen LogP contribution in [0, 0.1) is 0 Å². The Morgan fingerprint density at radius 2 is 1.66 bits per heavy atom. The summed E-state index contributed by atoms with van der Waals surface area (Å²) in [6, 6.07) is 7.23. The molecule has 9 nitrogen and oxygen atoms in total. The van der Waals surface area contributed by atoms with Gasteiger partial charge >= 0.3 is 17.9 Å². The Morgan fingerprint density at radius 1 is 1.12 bits per heavy atom. The van der Waals surface area contributed by atoms with Crippen molar-refractivity contribution < 1.29 is 38.5 Å². The fraction of sp³-hybridized carbons (Fsp3) is 0.391. The summed E-state index contributed by atoms with van der Waals surface area (Å²) >= 11 is 0. The molecule has 0 bridgehead atoms. The van der Waals surface area contributed by atoms with Crippen molar-refractivity contribution in [3.05, 3.63) is 61.2 Å². The Kier molecular flexibility index (Phi) is 7.93. The summed E-state index contributed by atoms with van der Waals surface area (Å²) in [5, 5.41) is 11.2. The van der Waals surface area contributed by atoms with E-state index in [9.17, 15) is 24.3 Å². The Balaban J connectivity index is 2.70. The standard InChI is InChI=1S/C23H27NO8/c1-5-12-31-20(27)23(21(28)32-13-6-2)22(3,29)15-18(25)24(23)17(19(26)30-4)14-16-10-8-7-9-11-16/h5-11,17,29H,1-2,12-15H2,3-4H3/t17-,22?/m1/s1. The van der Waals surface area contributed by atoms with E-state index in [0.29, 0.717) is 5.56 Å². The summed E-state index contributed by atoms with van der Waals surface area (Å²) in [6.07, 6.45) is 1.82. The molecular formula is C23H27NO8. The Labute approximate surface area is 186 Å². The van der Waals surface area contributed by atoms with Gasteiger partial charge in [-0.05, 0) is 12.5 Å². The maximum atomic E-state index is 13.3. The molecule has 1 aliphatic heterocycles. The number of amides is 1. The number of nitrogens with zero attached hydrogens (tertiary/aromatic N) is 1. The van der Waals surface area contributed by atoms with Gasteiger partial charge in [0.1, 0.15) is 24.9 Å². The van der Waals surface area contributed by atoms with E-state index in [0.717, 1.165) is 18.9 Å². The van der Waals surface area contributed by atoms with Gasteiger partial charge in [-0.3, -0.25) is 4.79 Å². The summed E-state index contributed by atoms with van der Waals surface area (Å²) in [5.41, 5.74) is -4.26. The number of carbonyl (C=O) groups excluding carboxylic acids is 4. The summed E-state index contributed by atoms with van der Waals surface area (Å²) in [5.74, 6) is -4.18. The van der Waals surface area contributed by atoms with Gasteiger partial charge in [-0.2, -0.15) is 0 Å². The van der Waals surface area contributed by atoms with Gasteiger partial charge in [-0.25, -0.2) is 14.4 Å². The van der Waals surface area contributed by atoms with Gasteiger partial charge in [0, 0.05) is 6.42 Å². The van der Waals surface area contributed by atoms with Crippen LogP contribution in [0.1, 0.15) is 18.9 Å². The predicted octanol–water partition coefficient (Wildman–Crippen LogP) is 0.951.